The number of halogens is 3. The average Bonchev–Trinajstić information content (AvgIpc) is 2.82. The molecule has 0 heterocycles. The molecule has 0 spiro atoms. The van der Waals surface area contributed by atoms with E-state index in [1.54, 1.807) is 0 Å². The highest BCUT2D eigenvalue weighted by Crippen LogP contribution is 2.39. The molecular formula is C16H20F3N. The van der Waals surface area contributed by atoms with E-state index in [0.717, 1.165) is 19.3 Å². The lowest BCUT2D eigenvalue weighted by Gasteiger charge is -2.33. The smallest absolute Gasteiger partial charge is 0.307 e. The van der Waals surface area contributed by atoms with E-state index in [4.69, 9.17) is 0 Å². The predicted molar refractivity (Wildman–Crippen MR) is 72.4 cm³/mol. The van der Waals surface area contributed by atoms with Crippen LogP contribution in [0.1, 0.15) is 49.3 Å². The Morgan fingerprint density at radius 2 is 1.85 bits per heavy atom. The molecule has 0 bridgehead atoms. The lowest BCUT2D eigenvalue weighted by Crippen LogP contribution is -2.40. The fourth-order valence-electron chi connectivity index (χ4n) is 3.65. The normalized spacial score (nSPS) is 30.2. The van der Waals surface area contributed by atoms with Crippen molar-refractivity contribution in [1.82, 2.24) is 5.32 Å². The van der Waals surface area contributed by atoms with Gasteiger partial charge in [0, 0.05) is 12.1 Å². The largest absolute Gasteiger partial charge is 0.391 e. The van der Waals surface area contributed by atoms with Crippen LogP contribution >= 0.6 is 0 Å². The van der Waals surface area contributed by atoms with Gasteiger partial charge in [-0.15, -0.1) is 0 Å². The Morgan fingerprint density at radius 1 is 1.05 bits per heavy atom. The van der Waals surface area contributed by atoms with Gasteiger partial charge in [0.05, 0.1) is 5.92 Å². The Balaban J connectivity index is 1.64. The Hall–Kier alpha value is -1.03. The molecule has 0 radical (unpaired) electrons. The summed E-state index contributed by atoms with van der Waals surface area (Å²) in [5.74, 6) is -1.12. The zero-order valence-corrected chi connectivity index (χ0v) is 11.4. The van der Waals surface area contributed by atoms with Gasteiger partial charge in [-0.1, -0.05) is 30.7 Å². The minimum atomic E-state index is -4.03. The first kappa shape index (κ1) is 13.9. The summed E-state index contributed by atoms with van der Waals surface area (Å²) in [4.78, 5) is 0. The topological polar surface area (TPSA) is 12.0 Å². The van der Waals surface area contributed by atoms with Gasteiger partial charge in [-0.25, -0.2) is 0 Å². The fourth-order valence-corrected chi connectivity index (χ4v) is 3.65. The highest BCUT2D eigenvalue weighted by molar-refractivity contribution is 5.34. The van der Waals surface area contributed by atoms with Crippen LogP contribution < -0.4 is 5.32 Å². The summed E-state index contributed by atoms with van der Waals surface area (Å²) in [6.07, 6.45) is 0.0796. The highest BCUT2D eigenvalue weighted by atomic mass is 19.4. The number of fused-ring (bicyclic) bond motifs is 1. The minimum absolute atomic E-state index is 0.00605. The number of aryl methyl sites for hydroxylation is 1. The summed E-state index contributed by atoms with van der Waals surface area (Å²) in [6, 6.07) is 8.51. The Labute approximate surface area is 117 Å². The van der Waals surface area contributed by atoms with Crippen molar-refractivity contribution in [2.45, 2.75) is 56.8 Å². The number of benzene rings is 1. The number of nitrogens with one attached hydrogen (secondary N) is 1. The molecule has 2 aliphatic rings. The minimum Gasteiger partial charge on any atom is -0.307 e. The standard InChI is InChI=1S/C16H20F3N/c17-16(18,19)12-5-3-6-13(10-12)20-15-9-8-11-4-1-2-7-14(11)15/h1-2,4,7,12-13,15,20H,3,5-6,8-10H2. The molecule has 1 aromatic carbocycles. The maximum atomic E-state index is 12.8. The van der Waals surface area contributed by atoms with Gasteiger partial charge in [0.2, 0.25) is 0 Å². The van der Waals surface area contributed by atoms with Crippen LogP contribution in [0.15, 0.2) is 24.3 Å². The van der Waals surface area contributed by atoms with Gasteiger partial charge < -0.3 is 5.32 Å². The second-order valence-corrected chi connectivity index (χ2v) is 6.06. The van der Waals surface area contributed by atoms with Gasteiger partial charge in [0.15, 0.2) is 0 Å². The van der Waals surface area contributed by atoms with Crippen molar-refractivity contribution in [3.05, 3.63) is 35.4 Å². The summed E-state index contributed by atoms with van der Waals surface area (Å²) >= 11 is 0. The first-order valence-corrected chi connectivity index (χ1v) is 7.44. The molecule has 110 valence electrons. The van der Waals surface area contributed by atoms with Crippen LogP contribution in [0.25, 0.3) is 0 Å². The SMILES string of the molecule is FC(F)(F)C1CCCC(NC2CCc3ccccc32)C1. The van der Waals surface area contributed by atoms with E-state index in [2.05, 4.69) is 17.4 Å². The van der Waals surface area contributed by atoms with Gasteiger partial charge in [-0.3, -0.25) is 0 Å². The summed E-state index contributed by atoms with van der Waals surface area (Å²) in [7, 11) is 0. The first-order valence-electron chi connectivity index (χ1n) is 7.44. The van der Waals surface area contributed by atoms with Crippen molar-refractivity contribution >= 4 is 0 Å². The Bertz CT molecular complexity index is 469. The van der Waals surface area contributed by atoms with E-state index in [1.807, 2.05) is 12.1 Å². The van der Waals surface area contributed by atoms with Gasteiger partial charge >= 0.3 is 6.18 Å². The number of hydrogen-bond acceptors (Lipinski definition) is 1. The van der Waals surface area contributed by atoms with Gasteiger partial charge in [-0.2, -0.15) is 13.2 Å². The number of rotatable bonds is 2. The molecule has 2 aliphatic carbocycles. The molecule has 1 fully saturated rings. The molecule has 1 nitrogen and oxygen atoms in total. The summed E-state index contributed by atoms with van der Waals surface area (Å²) in [6.45, 7) is 0. The molecule has 0 saturated heterocycles. The third-order valence-electron chi connectivity index (χ3n) is 4.71. The van der Waals surface area contributed by atoms with Crippen molar-refractivity contribution < 1.29 is 13.2 Å². The second kappa shape index (κ2) is 5.40. The number of hydrogen-bond donors (Lipinski definition) is 1. The van der Waals surface area contributed by atoms with Gasteiger partial charge in [-0.05, 0) is 43.2 Å². The zero-order chi connectivity index (χ0) is 14.2. The molecule has 0 aromatic heterocycles. The predicted octanol–water partition coefficient (Wildman–Crippen LogP) is 4.38. The van der Waals surface area contributed by atoms with Crippen molar-refractivity contribution in [2.75, 3.05) is 0 Å². The van der Waals surface area contributed by atoms with E-state index in [1.165, 1.54) is 11.1 Å². The second-order valence-electron chi connectivity index (χ2n) is 6.06. The maximum Gasteiger partial charge on any atom is 0.391 e. The third kappa shape index (κ3) is 2.85. The molecule has 3 atom stereocenters. The van der Waals surface area contributed by atoms with Crippen LogP contribution in [0.3, 0.4) is 0 Å². The van der Waals surface area contributed by atoms with Crippen LogP contribution in [-0.2, 0) is 6.42 Å². The fraction of sp³-hybridized carbons (Fsp3) is 0.625. The van der Waals surface area contributed by atoms with Crippen LogP contribution in [0, 0.1) is 5.92 Å². The van der Waals surface area contributed by atoms with Crippen LogP contribution in [0.2, 0.25) is 0 Å². The monoisotopic (exact) mass is 283 g/mol. The number of alkyl halides is 3. The third-order valence-corrected chi connectivity index (χ3v) is 4.71. The van der Waals surface area contributed by atoms with Gasteiger partial charge in [0.1, 0.15) is 0 Å². The summed E-state index contributed by atoms with van der Waals surface area (Å²) in [5, 5.41) is 3.48. The quantitative estimate of drug-likeness (QED) is 0.849. The van der Waals surface area contributed by atoms with Crippen LogP contribution in [-0.4, -0.2) is 12.2 Å². The molecule has 1 N–H and O–H groups in total. The van der Waals surface area contributed by atoms with E-state index in [9.17, 15) is 13.2 Å². The van der Waals surface area contributed by atoms with Crippen molar-refractivity contribution in [2.24, 2.45) is 5.92 Å². The van der Waals surface area contributed by atoms with Crippen LogP contribution in [0.4, 0.5) is 13.2 Å². The summed E-state index contributed by atoms with van der Waals surface area (Å²) < 4.78 is 38.5. The van der Waals surface area contributed by atoms with Crippen molar-refractivity contribution in [1.29, 1.82) is 0 Å². The molecular weight excluding hydrogens is 263 g/mol. The molecule has 1 saturated carbocycles. The highest BCUT2D eigenvalue weighted by Gasteiger charge is 2.42. The molecule has 1 aromatic rings. The first-order chi connectivity index (χ1) is 9.54. The van der Waals surface area contributed by atoms with E-state index in [-0.39, 0.29) is 18.5 Å². The average molecular weight is 283 g/mol. The lowest BCUT2D eigenvalue weighted by molar-refractivity contribution is -0.183. The molecule has 4 heteroatoms. The molecule has 20 heavy (non-hydrogen) atoms. The van der Waals surface area contributed by atoms with Crippen LogP contribution in [0.5, 0.6) is 0 Å². The molecule has 3 rings (SSSR count). The Morgan fingerprint density at radius 3 is 2.65 bits per heavy atom. The lowest BCUT2D eigenvalue weighted by atomic mass is 9.84. The van der Waals surface area contributed by atoms with Crippen molar-refractivity contribution in [3.8, 4) is 0 Å². The Kier molecular flexibility index (Phi) is 3.76. The van der Waals surface area contributed by atoms with E-state index < -0.39 is 12.1 Å². The maximum absolute atomic E-state index is 12.8. The molecule has 0 amide bonds. The molecule has 0 aliphatic heterocycles. The van der Waals surface area contributed by atoms with Crippen molar-refractivity contribution in [3.63, 3.8) is 0 Å². The zero-order valence-electron chi connectivity index (χ0n) is 11.4. The molecule has 3 unspecified atom stereocenters. The van der Waals surface area contributed by atoms with E-state index >= 15 is 0 Å². The van der Waals surface area contributed by atoms with Gasteiger partial charge in [0.25, 0.3) is 0 Å². The summed E-state index contributed by atoms with van der Waals surface area (Å²) in [5.41, 5.74) is 2.62. The van der Waals surface area contributed by atoms with E-state index in [0.29, 0.717) is 12.8 Å².